The van der Waals surface area contributed by atoms with Gasteiger partial charge in [-0.2, -0.15) is 0 Å². The molecule has 4 rings (SSSR count). The molecule has 0 atom stereocenters. The van der Waals surface area contributed by atoms with Crippen molar-refractivity contribution in [1.82, 2.24) is 0 Å². The lowest BCUT2D eigenvalue weighted by Gasteiger charge is -2.12. The Balaban J connectivity index is 0.00000181. The summed E-state index contributed by atoms with van der Waals surface area (Å²) in [6, 6.07) is 23.3. The first-order valence-corrected chi connectivity index (χ1v) is 9.81. The number of halogens is 2. The van der Waals surface area contributed by atoms with Gasteiger partial charge in [-0.25, -0.2) is 4.79 Å². The van der Waals surface area contributed by atoms with Crippen molar-refractivity contribution in [3.8, 4) is 11.1 Å². The number of aromatic carboxylic acids is 1. The molecule has 0 aliphatic heterocycles. The summed E-state index contributed by atoms with van der Waals surface area (Å²) in [6.07, 6.45) is 0. The van der Waals surface area contributed by atoms with Gasteiger partial charge in [0, 0.05) is 5.02 Å². The number of rotatable bonds is 4. The Morgan fingerprint density at radius 2 is 1.38 bits per heavy atom. The largest absolute Gasteiger partial charge is 0.478 e. The van der Waals surface area contributed by atoms with E-state index < -0.39 is 11.9 Å². The van der Waals surface area contributed by atoms with E-state index in [0.717, 1.165) is 21.9 Å². The summed E-state index contributed by atoms with van der Waals surface area (Å²) in [5, 5.41) is 15.1. The van der Waals surface area contributed by atoms with Gasteiger partial charge in [0.2, 0.25) is 0 Å². The predicted molar refractivity (Wildman–Crippen MR) is 134 cm³/mol. The van der Waals surface area contributed by atoms with Crippen molar-refractivity contribution in [2.45, 2.75) is 14.9 Å². The van der Waals surface area contributed by atoms with Crippen molar-refractivity contribution in [3.63, 3.8) is 0 Å². The number of amides is 1. The van der Waals surface area contributed by atoms with Gasteiger partial charge in [-0.3, -0.25) is 4.79 Å². The molecule has 0 aromatic heterocycles. The molecule has 2 N–H and O–H groups in total. The van der Waals surface area contributed by atoms with Gasteiger partial charge in [-0.1, -0.05) is 80.5 Å². The zero-order valence-electron chi connectivity index (χ0n) is 15.5. The van der Waals surface area contributed by atoms with E-state index in [1.807, 2.05) is 42.5 Å². The summed E-state index contributed by atoms with van der Waals surface area (Å²) in [5.74, 6) is -1.66. The fourth-order valence-corrected chi connectivity index (χ4v) is 3.74. The highest BCUT2D eigenvalue weighted by atomic mass is 35.5. The van der Waals surface area contributed by atoms with Gasteiger partial charge in [-0.05, 0) is 58.3 Å². The summed E-state index contributed by atoms with van der Waals surface area (Å²) in [7, 11) is 0. The smallest absolute Gasteiger partial charge is 0.337 e. The first-order valence-electron chi connectivity index (χ1n) is 9.05. The SMILES string of the molecule is C.C.O=C(Nc1ccc(-c2ccc3ccccc3c2)cc1C(=O)O)c1ccc(Cl)cc1Cl. The van der Waals surface area contributed by atoms with E-state index in [1.165, 1.54) is 12.1 Å². The highest BCUT2D eigenvalue weighted by Gasteiger charge is 2.17. The molecule has 0 radical (unpaired) electrons. The van der Waals surface area contributed by atoms with Crippen LogP contribution in [0.5, 0.6) is 0 Å². The summed E-state index contributed by atoms with van der Waals surface area (Å²) >= 11 is 12.0. The highest BCUT2D eigenvalue weighted by Crippen LogP contribution is 2.29. The van der Waals surface area contributed by atoms with Gasteiger partial charge in [-0.15, -0.1) is 0 Å². The van der Waals surface area contributed by atoms with Crippen molar-refractivity contribution in [2.24, 2.45) is 0 Å². The number of anilines is 1. The molecule has 4 aromatic carbocycles. The molecule has 0 saturated carbocycles. The summed E-state index contributed by atoms with van der Waals surface area (Å²) in [4.78, 5) is 24.4. The standard InChI is InChI=1S/C24H15Cl2NO3.2CH4/c25-18-8-9-19(21(26)13-18)23(28)27-22-10-7-17(12-20(22)24(29)30)16-6-5-14-3-1-2-4-15(14)11-16;;/h1-13H,(H,27,28)(H,29,30);2*1H4. The molecule has 0 spiro atoms. The normalized spacial score (nSPS) is 10.1. The van der Waals surface area contributed by atoms with Crippen LogP contribution in [-0.2, 0) is 0 Å². The quantitative estimate of drug-likeness (QED) is 0.319. The lowest BCUT2D eigenvalue weighted by molar-refractivity contribution is 0.0698. The zero-order valence-corrected chi connectivity index (χ0v) is 17.0. The van der Waals surface area contributed by atoms with Gasteiger partial charge in [0.25, 0.3) is 5.91 Å². The van der Waals surface area contributed by atoms with Crippen LogP contribution in [0.25, 0.3) is 21.9 Å². The lowest BCUT2D eigenvalue weighted by atomic mass is 9.99. The summed E-state index contributed by atoms with van der Waals surface area (Å²) < 4.78 is 0. The second kappa shape index (κ2) is 10.3. The number of carboxylic acids is 1. The Kier molecular flexibility index (Phi) is 8.03. The Morgan fingerprint density at radius 1 is 0.719 bits per heavy atom. The fraction of sp³-hybridized carbons (Fsp3) is 0.0769. The van der Waals surface area contributed by atoms with Crippen molar-refractivity contribution in [1.29, 1.82) is 0 Å². The van der Waals surface area contributed by atoms with E-state index in [-0.39, 0.29) is 36.7 Å². The van der Waals surface area contributed by atoms with Gasteiger partial charge in [0.05, 0.1) is 21.8 Å². The Labute approximate surface area is 197 Å². The second-order valence-corrected chi connectivity index (χ2v) is 7.55. The molecule has 6 heteroatoms. The molecule has 0 aliphatic carbocycles. The van der Waals surface area contributed by atoms with E-state index in [9.17, 15) is 14.7 Å². The monoisotopic (exact) mass is 467 g/mol. The molecule has 0 heterocycles. The Morgan fingerprint density at radius 3 is 2.06 bits per heavy atom. The maximum atomic E-state index is 12.6. The maximum absolute atomic E-state index is 12.6. The van der Waals surface area contributed by atoms with Gasteiger partial charge in [0.15, 0.2) is 0 Å². The van der Waals surface area contributed by atoms with E-state index in [2.05, 4.69) is 5.32 Å². The molecule has 32 heavy (non-hydrogen) atoms. The number of carboxylic acid groups (broad SMARTS) is 1. The van der Waals surface area contributed by atoms with E-state index in [4.69, 9.17) is 23.2 Å². The molecule has 164 valence electrons. The van der Waals surface area contributed by atoms with Gasteiger partial charge >= 0.3 is 5.97 Å². The molecule has 0 saturated heterocycles. The van der Waals surface area contributed by atoms with E-state index in [1.54, 1.807) is 24.3 Å². The molecular formula is C26H23Cl2NO3. The van der Waals surface area contributed by atoms with Gasteiger partial charge in [0.1, 0.15) is 0 Å². The van der Waals surface area contributed by atoms with Crippen LogP contribution in [0.2, 0.25) is 10.0 Å². The van der Waals surface area contributed by atoms with Crippen LogP contribution in [0.1, 0.15) is 35.6 Å². The minimum absolute atomic E-state index is 0. The number of carbonyl (C=O) groups excluding carboxylic acids is 1. The highest BCUT2D eigenvalue weighted by molar-refractivity contribution is 6.37. The molecule has 0 fully saturated rings. The molecule has 1 amide bonds. The van der Waals surface area contributed by atoms with E-state index in [0.29, 0.717) is 5.02 Å². The van der Waals surface area contributed by atoms with Crippen LogP contribution >= 0.6 is 23.2 Å². The number of nitrogens with one attached hydrogen (secondary N) is 1. The average Bonchev–Trinajstić information content (AvgIpc) is 2.73. The third-order valence-corrected chi connectivity index (χ3v) is 5.30. The lowest BCUT2D eigenvalue weighted by Crippen LogP contribution is -2.15. The third kappa shape index (κ3) is 5.10. The van der Waals surface area contributed by atoms with Crippen LogP contribution in [-0.4, -0.2) is 17.0 Å². The second-order valence-electron chi connectivity index (χ2n) is 6.71. The van der Waals surface area contributed by atoms with E-state index >= 15 is 0 Å². The average molecular weight is 468 g/mol. The minimum Gasteiger partial charge on any atom is -0.478 e. The first kappa shape index (κ1) is 24.9. The zero-order chi connectivity index (χ0) is 21.3. The van der Waals surface area contributed by atoms with Crippen LogP contribution in [0, 0.1) is 0 Å². The Hall–Kier alpha value is -3.34. The van der Waals surface area contributed by atoms with Crippen LogP contribution in [0.4, 0.5) is 5.69 Å². The predicted octanol–water partition coefficient (Wildman–Crippen LogP) is 8.04. The van der Waals surface area contributed by atoms with Crippen molar-refractivity contribution < 1.29 is 14.7 Å². The molecule has 0 unspecified atom stereocenters. The number of carbonyl (C=O) groups is 2. The summed E-state index contributed by atoms with van der Waals surface area (Å²) in [5.41, 5.74) is 1.99. The number of benzene rings is 4. The first-order chi connectivity index (χ1) is 14.4. The maximum Gasteiger partial charge on any atom is 0.337 e. The Bertz CT molecular complexity index is 1300. The molecule has 4 aromatic rings. The van der Waals surface area contributed by atoms with Crippen molar-refractivity contribution in [2.75, 3.05) is 5.32 Å². The van der Waals surface area contributed by atoms with Crippen molar-refractivity contribution >= 4 is 51.5 Å². The molecule has 0 aliphatic rings. The number of fused-ring (bicyclic) bond motifs is 1. The fourth-order valence-electron chi connectivity index (χ4n) is 3.24. The minimum atomic E-state index is -1.14. The molecule has 4 nitrogen and oxygen atoms in total. The molecular weight excluding hydrogens is 445 g/mol. The molecule has 0 bridgehead atoms. The number of hydrogen-bond acceptors (Lipinski definition) is 2. The topological polar surface area (TPSA) is 66.4 Å². The van der Waals surface area contributed by atoms with Crippen LogP contribution in [0.3, 0.4) is 0 Å². The third-order valence-electron chi connectivity index (χ3n) is 4.76. The van der Waals surface area contributed by atoms with Crippen LogP contribution in [0.15, 0.2) is 78.9 Å². The number of hydrogen-bond donors (Lipinski definition) is 2. The van der Waals surface area contributed by atoms with Crippen molar-refractivity contribution in [3.05, 3.63) is 100 Å². The summed E-state index contributed by atoms with van der Waals surface area (Å²) in [6.45, 7) is 0. The van der Waals surface area contributed by atoms with Crippen LogP contribution < -0.4 is 5.32 Å². The van der Waals surface area contributed by atoms with Gasteiger partial charge < -0.3 is 10.4 Å².